The standard InChI is InChI=1S/C26H19ClF3N3O3/c27-19-10-12-20(13-11-19)33-23(26(28,29)30)21(15-31-33)24(34)32-22(25(35)36)14-16-6-8-18(9-7-16)17-4-2-1-3-5-17/h1-13,15,22H,14H2,(H,32,34)(H,35,36). The zero-order chi connectivity index (χ0) is 25.9. The summed E-state index contributed by atoms with van der Waals surface area (Å²) < 4.78 is 42.3. The molecule has 0 aliphatic carbocycles. The van der Waals surface area contributed by atoms with E-state index in [-0.39, 0.29) is 12.1 Å². The number of carbonyl (C=O) groups excluding carboxylic acids is 1. The van der Waals surface area contributed by atoms with E-state index in [0.29, 0.717) is 15.3 Å². The van der Waals surface area contributed by atoms with Crippen molar-refractivity contribution in [3.05, 3.63) is 107 Å². The lowest BCUT2D eigenvalue weighted by atomic mass is 10.0. The molecule has 4 aromatic rings. The van der Waals surface area contributed by atoms with Crippen LogP contribution in [-0.2, 0) is 17.4 Å². The van der Waals surface area contributed by atoms with Crippen LogP contribution in [0.15, 0.2) is 85.1 Å². The van der Waals surface area contributed by atoms with Gasteiger partial charge in [-0.3, -0.25) is 4.79 Å². The zero-order valence-corrected chi connectivity index (χ0v) is 19.3. The first-order chi connectivity index (χ1) is 17.1. The van der Waals surface area contributed by atoms with Gasteiger partial charge in [0, 0.05) is 11.4 Å². The molecule has 0 spiro atoms. The van der Waals surface area contributed by atoms with Crippen LogP contribution in [-0.4, -0.2) is 32.8 Å². The van der Waals surface area contributed by atoms with E-state index in [4.69, 9.17) is 11.6 Å². The molecule has 0 radical (unpaired) electrons. The minimum Gasteiger partial charge on any atom is -0.480 e. The Kier molecular flexibility index (Phi) is 7.12. The number of hydrogen-bond donors (Lipinski definition) is 2. The van der Waals surface area contributed by atoms with Gasteiger partial charge >= 0.3 is 12.1 Å². The van der Waals surface area contributed by atoms with E-state index in [2.05, 4.69) is 10.4 Å². The molecular formula is C26H19ClF3N3O3. The van der Waals surface area contributed by atoms with Crippen molar-refractivity contribution in [1.82, 2.24) is 15.1 Å². The van der Waals surface area contributed by atoms with Crippen molar-refractivity contribution in [1.29, 1.82) is 0 Å². The normalized spacial score (nSPS) is 12.2. The van der Waals surface area contributed by atoms with Gasteiger partial charge in [-0.2, -0.15) is 18.3 Å². The third-order valence-electron chi connectivity index (χ3n) is 5.46. The molecule has 0 saturated carbocycles. The van der Waals surface area contributed by atoms with Crippen LogP contribution < -0.4 is 5.32 Å². The van der Waals surface area contributed by atoms with Crippen molar-refractivity contribution < 1.29 is 27.9 Å². The summed E-state index contributed by atoms with van der Waals surface area (Å²) in [7, 11) is 0. The van der Waals surface area contributed by atoms with Crippen molar-refractivity contribution in [2.75, 3.05) is 0 Å². The SMILES string of the molecule is O=C(NC(Cc1ccc(-c2ccccc2)cc1)C(=O)O)c1cnn(-c2ccc(Cl)cc2)c1C(F)(F)F. The van der Waals surface area contributed by atoms with Gasteiger partial charge < -0.3 is 10.4 Å². The lowest BCUT2D eigenvalue weighted by Gasteiger charge is -2.16. The predicted molar refractivity (Wildman–Crippen MR) is 128 cm³/mol. The molecule has 36 heavy (non-hydrogen) atoms. The molecule has 1 amide bonds. The van der Waals surface area contributed by atoms with Crippen LogP contribution in [0.2, 0.25) is 5.02 Å². The van der Waals surface area contributed by atoms with Gasteiger partial charge in [0.15, 0.2) is 5.69 Å². The van der Waals surface area contributed by atoms with Gasteiger partial charge in [-0.25, -0.2) is 9.48 Å². The minimum absolute atomic E-state index is 0.0408. The monoisotopic (exact) mass is 513 g/mol. The second-order valence-corrected chi connectivity index (χ2v) is 8.36. The van der Waals surface area contributed by atoms with E-state index >= 15 is 0 Å². The number of benzene rings is 3. The summed E-state index contributed by atoms with van der Waals surface area (Å²) >= 11 is 5.81. The van der Waals surface area contributed by atoms with Gasteiger partial charge in [-0.15, -0.1) is 0 Å². The van der Waals surface area contributed by atoms with Crippen LogP contribution in [0.3, 0.4) is 0 Å². The van der Waals surface area contributed by atoms with Crippen molar-refractivity contribution in [3.8, 4) is 16.8 Å². The summed E-state index contributed by atoms with van der Waals surface area (Å²) in [6.45, 7) is 0. The summed E-state index contributed by atoms with van der Waals surface area (Å²) in [6.07, 6.45) is -4.29. The number of carboxylic acids is 1. The minimum atomic E-state index is -4.94. The summed E-state index contributed by atoms with van der Waals surface area (Å²) in [5.41, 5.74) is 0.417. The van der Waals surface area contributed by atoms with E-state index in [9.17, 15) is 27.9 Å². The Hall–Kier alpha value is -4.11. The summed E-state index contributed by atoms with van der Waals surface area (Å²) in [5.74, 6) is -2.58. The molecule has 1 heterocycles. The van der Waals surface area contributed by atoms with Crippen LogP contribution in [0.5, 0.6) is 0 Å². The van der Waals surface area contributed by atoms with E-state index in [1.165, 1.54) is 24.3 Å². The maximum absolute atomic E-state index is 13.9. The Morgan fingerprint density at radius 2 is 1.56 bits per heavy atom. The Morgan fingerprint density at radius 3 is 2.14 bits per heavy atom. The Morgan fingerprint density at radius 1 is 0.944 bits per heavy atom. The van der Waals surface area contributed by atoms with E-state index in [1.54, 1.807) is 12.1 Å². The maximum atomic E-state index is 13.9. The van der Waals surface area contributed by atoms with Gasteiger partial charge in [-0.1, -0.05) is 66.2 Å². The first kappa shape index (κ1) is 25.0. The number of nitrogens with one attached hydrogen (secondary N) is 1. The second-order valence-electron chi connectivity index (χ2n) is 7.92. The Bertz CT molecular complexity index is 1370. The highest BCUT2D eigenvalue weighted by Gasteiger charge is 2.41. The molecule has 184 valence electrons. The molecule has 6 nitrogen and oxygen atoms in total. The fraction of sp³-hybridized carbons (Fsp3) is 0.115. The molecule has 10 heteroatoms. The van der Waals surface area contributed by atoms with Crippen molar-refractivity contribution >= 4 is 23.5 Å². The molecule has 2 N–H and O–H groups in total. The number of carbonyl (C=O) groups is 2. The lowest BCUT2D eigenvalue weighted by molar-refractivity contribution is -0.143. The van der Waals surface area contributed by atoms with Gasteiger partial charge in [0.1, 0.15) is 6.04 Å². The fourth-order valence-electron chi connectivity index (χ4n) is 3.70. The van der Waals surface area contributed by atoms with Gasteiger partial charge in [0.25, 0.3) is 5.91 Å². The van der Waals surface area contributed by atoms with Crippen molar-refractivity contribution in [2.45, 2.75) is 18.6 Å². The van der Waals surface area contributed by atoms with E-state index in [0.717, 1.165) is 17.3 Å². The molecule has 0 aliphatic heterocycles. The number of aromatic nitrogens is 2. The first-order valence-electron chi connectivity index (χ1n) is 10.7. The topological polar surface area (TPSA) is 84.2 Å². The molecule has 1 atom stereocenters. The van der Waals surface area contributed by atoms with Crippen LogP contribution >= 0.6 is 11.6 Å². The molecule has 1 unspecified atom stereocenters. The largest absolute Gasteiger partial charge is 0.480 e. The number of alkyl halides is 3. The van der Waals surface area contributed by atoms with E-state index in [1.807, 2.05) is 42.5 Å². The molecule has 1 aromatic heterocycles. The van der Waals surface area contributed by atoms with Crippen LogP contribution in [0.4, 0.5) is 13.2 Å². The van der Waals surface area contributed by atoms with Crippen LogP contribution in [0, 0.1) is 0 Å². The highest BCUT2D eigenvalue weighted by molar-refractivity contribution is 6.30. The number of nitrogens with zero attached hydrogens (tertiary/aromatic N) is 2. The Balaban J connectivity index is 1.56. The van der Waals surface area contributed by atoms with Crippen molar-refractivity contribution in [3.63, 3.8) is 0 Å². The number of rotatable bonds is 7. The molecular weight excluding hydrogens is 495 g/mol. The van der Waals surface area contributed by atoms with Crippen LogP contribution in [0.1, 0.15) is 21.6 Å². The van der Waals surface area contributed by atoms with E-state index < -0.39 is 35.4 Å². The molecule has 0 fully saturated rings. The summed E-state index contributed by atoms with van der Waals surface area (Å²) in [6, 6.07) is 20.5. The van der Waals surface area contributed by atoms with Gasteiger partial charge in [0.05, 0.1) is 17.4 Å². The predicted octanol–water partition coefficient (Wildman–Crippen LogP) is 5.64. The smallest absolute Gasteiger partial charge is 0.434 e. The highest BCUT2D eigenvalue weighted by atomic mass is 35.5. The number of aliphatic carboxylic acids is 1. The quantitative estimate of drug-likeness (QED) is 0.335. The van der Waals surface area contributed by atoms with Crippen LogP contribution in [0.25, 0.3) is 16.8 Å². The number of hydrogen-bond acceptors (Lipinski definition) is 3. The average Bonchev–Trinajstić information content (AvgIpc) is 3.31. The summed E-state index contributed by atoms with van der Waals surface area (Å²) in [5, 5.41) is 15.9. The first-order valence-corrected chi connectivity index (χ1v) is 11.1. The molecule has 0 aliphatic rings. The lowest BCUT2D eigenvalue weighted by Crippen LogP contribution is -2.42. The van der Waals surface area contributed by atoms with Gasteiger partial charge in [0.2, 0.25) is 0 Å². The van der Waals surface area contributed by atoms with Crippen molar-refractivity contribution in [2.24, 2.45) is 0 Å². The molecule has 3 aromatic carbocycles. The third kappa shape index (κ3) is 5.58. The molecule has 0 saturated heterocycles. The molecule has 0 bridgehead atoms. The second kappa shape index (κ2) is 10.2. The molecule has 4 rings (SSSR count). The number of amides is 1. The third-order valence-corrected chi connectivity index (χ3v) is 5.71. The Labute approximate surface area is 209 Å². The summed E-state index contributed by atoms with van der Waals surface area (Å²) in [4.78, 5) is 24.6. The number of carboxylic acid groups (broad SMARTS) is 1. The fourth-order valence-corrected chi connectivity index (χ4v) is 3.83. The van der Waals surface area contributed by atoms with Gasteiger partial charge in [-0.05, 0) is 41.0 Å². The highest BCUT2D eigenvalue weighted by Crippen LogP contribution is 2.34. The number of halogens is 4. The zero-order valence-electron chi connectivity index (χ0n) is 18.5. The average molecular weight is 514 g/mol. The maximum Gasteiger partial charge on any atom is 0.434 e.